The van der Waals surface area contributed by atoms with Crippen LogP contribution in [0.4, 0.5) is 5.69 Å². The van der Waals surface area contributed by atoms with Crippen LogP contribution >= 0.6 is 0 Å². The Morgan fingerprint density at radius 2 is 1.95 bits per heavy atom. The van der Waals surface area contributed by atoms with Gasteiger partial charge in [-0.15, -0.1) is 0 Å². The number of pyridine rings is 1. The van der Waals surface area contributed by atoms with Gasteiger partial charge < -0.3 is 5.11 Å². The van der Waals surface area contributed by atoms with Crippen molar-refractivity contribution in [1.82, 2.24) is 4.98 Å². The molecule has 2 aromatic rings. The molecule has 0 spiro atoms. The Hall–Kier alpha value is -2.16. The third-order valence-electron chi connectivity index (χ3n) is 3.07. The van der Waals surface area contributed by atoms with Crippen LogP contribution in [0, 0.1) is 6.92 Å². The second kappa shape index (κ2) is 5.45. The van der Waals surface area contributed by atoms with E-state index in [0.717, 1.165) is 16.8 Å². The molecule has 3 nitrogen and oxygen atoms in total. The topological polar surface area (TPSA) is 45.5 Å². The first-order chi connectivity index (χ1) is 9.38. The number of phenolic OH excluding ortho intramolecular Hbond substituents is 1. The normalized spacial score (nSPS) is 12.0. The standard InChI is InChI=1S/C17H20N2O/c1-12-9-14(17(2,3)4)16(20)15(10-12)19-11-13-7-5-6-8-18-13/h5-11,20H,1-4H3. The summed E-state index contributed by atoms with van der Waals surface area (Å²) in [5.74, 6) is 0.246. The quantitative estimate of drug-likeness (QED) is 0.832. The number of rotatable bonds is 2. The minimum atomic E-state index is -0.120. The van der Waals surface area contributed by atoms with Crippen molar-refractivity contribution in [3.8, 4) is 5.75 Å². The third-order valence-corrected chi connectivity index (χ3v) is 3.07. The molecule has 1 N–H and O–H groups in total. The molecule has 1 heterocycles. The molecule has 0 aliphatic carbocycles. The van der Waals surface area contributed by atoms with Crippen molar-refractivity contribution < 1.29 is 5.11 Å². The van der Waals surface area contributed by atoms with Crippen molar-refractivity contribution in [2.75, 3.05) is 0 Å². The monoisotopic (exact) mass is 268 g/mol. The Morgan fingerprint density at radius 1 is 1.20 bits per heavy atom. The average Bonchev–Trinajstić information content (AvgIpc) is 2.39. The SMILES string of the molecule is Cc1cc(N=Cc2ccccn2)c(O)c(C(C)(C)C)c1. The van der Waals surface area contributed by atoms with Crippen molar-refractivity contribution in [2.24, 2.45) is 4.99 Å². The number of hydrogen-bond acceptors (Lipinski definition) is 3. The molecule has 0 radical (unpaired) electrons. The Morgan fingerprint density at radius 3 is 2.55 bits per heavy atom. The van der Waals surface area contributed by atoms with E-state index in [4.69, 9.17) is 0 Å². The van der Waals surface area contributed by atoms with E-state index in [2.05, 4.69) is 30.7 Å². The molecule has 0 fully saturated rings. The molecule has 104 valence electrons. The molecule has 1 aromatic heterocycles. The van der Waals surface area contributed by atoms with Crippen molar-refractivity contribution >= 4 is 11.9 Å². The lowest BCUT2D eigenvalue weighted by molar-refractivity contribution is 0.448. The zero-order valence-electron chi connectivity index (χ0n) is 12.4. The zero-order valence-corrected chi connectivity index (χ0v) is 12.4. The highest BCUT2D eigenvalue weighted by atomic mass is 16.3. The highest BCUT2D eigenvalue weighted by Gasteiger charge is 2.20. The van der Waals surface area contributed by atoms with Gasteiger partial charge in [0.15, 0.2) is 0 Å². The van der Waals surface area contributed by atoms with Gasteiger partial charge in [0.2, 0.25) is 0 Å². The number of benzene rings is 1. The predicted octanol–water partition coefficient (Wildman–Crippen LogP) is 4.14. The number of hydrogen-bond donors (Lipinski definition) is 1. The molecule has 0 unspecified atom stereocenters. The number of aromatic nitrogens is 1. The minimum Gasteiger partial charge on any atom is -0.505 e. The lowest BCUT2D eigenvalue weighted by Gasteiger charge is -2.21. The largest absolute Gasteiger partial charge is 0.505 e. The summed E-state index contributed by atoms with van der Waals surface area (Å²) in [6.45, 7) is 8.24. The van der Waals surface area contributed by atoms with Crippen molar-refractivity contribution in [3.63, 3.8) is 0 Å². The van der Waals surface area contributed by atoms with Gasteiger partial charge in [0.1, 0.15) is 11.4 Å². The summed E-state index contributed by atoms with van der Waals surface area (Å²) < 4.78 is 0. The van der Waals surface area contributed by atoms with Crippen LogP contribution in [0.2, 0.25) is 0 Å². The Bertz CT molecular complexity index is 625. The van der Waals surface area contributed by atoms with Gasteiger partial charge in [-0.1, -0.05) is 32.9 Å². The van der Waals surface area contributed by atoms with Crippen LogP contribution in [0.15, 0.2) is 41.5 Å². The van der Waals surface area contributed by atoms with Crippen LogP contribution < -0.4 is 0 Å². The van der Waals surface area contributed by atoms with Crippen molar-refractivity contribution in [1.29, 1.82) is 0 Å². The van der Waals surface area contributed by atoms with Gasteiger partial charge in [-0.2, -0.15) is 0 Å². The van der Waals surface area contributed by atoms with Gasteiger partial charge in [0, 0.05) is 11.8 Å². The summed E-state index contributed by atoms with van der Waals surface area (Å²) >= 11 is 0. The van der Waals surface area contributed by atoms with Gasteiger partial charge in [0.05, 0.1) is 11.9 Å². The molecular weight excluding hydrogens is 248 g/mol. The van der Waals surface area contributed by atoms with Gasteiger partial charge in [-0.05, 0) is 36.1 Å². The number of nitrogens with zero attached hydrogens (tertiary/aromatic N) is 2. The van der Waals surface area contributed by atoms with E-state index in [9.17, 15) is 5.11 Å². The van der Waals surface area contributed by atoms with Crippen LogP contribution in [0.5, 0.6) is 5.75 Å². The smallest absolute Gasteiger partial charge is 0.144 e. The second-order valence-electron chi connectivity index (χ2n) is 5.94. The summed E-state index contributed by atoms with van der Waals surface area (Å²) in [4.78, 5) is 8.56. The highest BCUT2D eigenvalue weighted by Crippen LogP contribution is 2.38. The lowest BCUT2D eigenvalue weighted by atomic mass is 9.85. The Balaban J connectivity index is 2.43. The molecule has 0 saturated carbocycles. The molecule has 3 heteroatoms. The third kappa shape index (κ3) is 3.23. The van der Waals surface area contributed by atoms with Gasteiger partial charge in [0.25, 0.3) is 0 Å². The molecule has 0 atom stereocenters. The number of aromatic hydroxyl groups is 1. The molecule has 20 heavy (non-hydrogen) atoms. The summed E-state index contributed by atoms with van der Waals surface area (Å²) in [5, 5.41) is 10.4. The van der Waals surface area contributed by atoms with E-state index in [1.807, 2.05) is 37.3 Å². The minimum absolute atomic E-state index is 0.120. The molecule has 0 aliphatic rings. The zero-order chi connectivity index (χ0) is 14.8. The first-order valence-electron chi connectivity index (χ1n) is 6.67. The van der Waals surface area contributed by atoms with Crippen LogP contribution in [-0.4, -0.2) is 16.3 Å². The fraction of sp³-hybridized carbons (Fsp3) is 0.294. The summed E-state index contributed by atoms with van der Waals surface area (Å²) in [6.07, 6.45) is 3.39. The molecule has 0 aliphatic heterocycles. The van der Waals surface area contributed by atoms with E-state index in [1.54, 1.807) is 12.4 Å². The fourth-order valence-corrected chi connectivity index (χ4v) is 2.02. The van der Waals surface area contributed by atoms with Gasteiger partial charge in [-0.25, -0.2) is 0 Å². The summed E-state index contributed by atoms with van der Waals surface area (Å²) in [7, 11) is 0. The fourth-order valence-electron chi connectivity index (χ4n) is 2.02. The number of phenols is 1. The van der Waals surface area contributed by atoms with E-state index in [1.165, 1.54) is 0 Å². The molecule has 2 rings (SSSR count). The molecule has 1 aromatic carbocycles. The first-order valence-corrected chi connectivity index (χ1v) is 6.67. The van der Waals surface area contributed by atoms with Crippen LogP contribution in [0.1, 0.15) is 37.6 Å². The first kappa shape index (κ1) is 14.3. The number of aliphatic imine (C=N–C) groups is 1. The average molecular weight is 268 g/mol. The van der Waals surface area contributed by atoms with Crippen LogP contribution in [0.3, 0.4) is 0 Å². The van der Waals surface area contributed by atoms with Crippen molar-refractivity contribution in [3.05, 3.63) is 53.3 Å². The summed E-state index contributed by atoms with van der Waals surface area (Å²) in [5.41, 5.74) is 3.23. The van der Waals surface area contributed by atoms with Crippen LogP contribution in [0.25, 0.3) is 0 Å². The predicted molar refractivity (Wildman–Crippen MR) is 83.0 cm³/mol. The van der Waals surface area contributed by atoms with E-state index < -0.39 is 0 Å². The summed E-state index contributed by atoms with van der Waals surface area (Å²) in [6, 6.07) is 9.53. The molecule has 0 bridgehead atoms. The van der Waals surface area contributed by atoms with Gasteiger partial charge in [-0.3, -0.25) is 9.98 Å². The second-order valence-corrected chi connectivity index (χ2v) is 5.94. The van der Waals surface area contributed by atoms with Crippen LogP contribution in [-0.2, 0) is 5.41 Å². The number of aryl methyl sites for hydroxylation is 1. The maximum Gasteiger partial charge on any atom is 0.144 e. The van der Waals surface area contributed by atoms with E-state index >= 15 is 0 Å². The maximum absolute atomic E-state index is 10.4. The Labute approximate surface area is 120 Å². The molecule has 0 amide bonds. The lowest BCUT2D eigenvalue weighted by Crippen LogP contribution is -2.11. The van der Waals surface area contributed by atoms with Crippen molar-refractivity contribution in [2.45, 2.75) is 33.1 Å². The highest BCUT2D eigenvalue weighted by molar-refractivity contribution is 5.80. The maximum atomic E-state index is 10.4. The molecular formula is C17H20N2O. The van der Waals surface area contributed by atoms with E-state index in [0.29, 0.717) is 5.69 Å². The van der Waals surface area contributed by atoms with Gasteiger partial charge >= 0.3 is 0 Å². The Kier molecular flexibility index (Phi) is 3.89. The molecule has 0 saturated heterocycles. The van der Waals surface area contributed by atoms with E-state index in [-0.39, 0.29) is 11.2 Å².